The molecular weight excluding hydrogens is 298 g/mol. The predicted molar refractivity (Wildman–Crippen MR) is 88.6 cm³/mol. The van der Waals surface area contributed by atoms with E-state index in [1.54, 1.807) is 6.20 Å². The van der Waals surface area contributed by atoms with Crippen LogP contribution in [0, 0.1) is 5.92 Å². The minimum atomic E-state index is -0.209. The molecule has 2 aromatic rings. The average Bonchev–Trinajstić information content (AvgIpc) is 2.52. The molecule has 116 valence electrons. The second-order valence-corrected chi connectivity index (χ2v) is 5.86. The number of carbonyl (C=O) groups is 1. The molecule has 1 aromatic carbocycles. The smallest absolute Gasteiger partial charge is 0.315 e. The number of pyridine rings is 1. The van der Waals surface area contributed by atoms with E-state index in [0.717, 1.165) is 11.3 Å². The van der Waals surface area contributed by atoms with Crippen molar-refractivity contribution >= 4 is 17.6 Å². The fourth-order valence-corrected chi connectivity index (χ4v) is 2.30. The molecule has 0 aliphatic rings. The molecule has 1 unspecified atom stereocenters. The maximum Gasteiger partial charge on any atom is 0.315 e. The molecule has 2 N–H and O–H groups in total. The lowest BCUT2D eigenvalue weighted by molar-refractivity contribution is 0.232. The number of urea groups is 1. The fraction of sp³-hybridized carbons (Fsp3) is 0.294. The molecule has 4 nitrogen and oxygen atoms in total. The number of nitrogens with one attached hydrogen (secondary N) is 2. The van der Waals surface area contributed by atoms with Gasteiger partial charge in [0.05, 0.1) is 18.3 Å². The van der Waals surface area contributed by atoms with Crippen molar-refractivity contribution in [3.05, 3.63) is 64.9 Å². The van der Waals surface area contributed by atoms with Crippen LogP contribution in [-0.2, 0) is 6.54 Å². The van der Waals surface area contributed by atoms with Crippen molar-refractivity contribution in [2.75, 3.05) is 0 Å². The van der Waals surface area contributed by atoms with E-state index in [2.05, 4.69) is 29.5 Å². The Labute approximate surface area is 135 Å². The molecule has 1 atom stereocenters. The first kappa shape index (κ1) is 16.3. The Morgan fingerprint density at radius 1 is 1.18 bits per heavy atom. The first-order valence-electron chi connectivity index (χ1n) is 7.26. The lowest BCUT2D eigenvalue weighted by Crippen LogP contribution is -2.39. The topological polar surface area (TPSA) is 54.0 Å². The van der Waals surface area contributed by atoms with Crippen molar-refractivity contribution < 1.29 is 4.79 Å². The summed E-state index contributed by atoms with van der Waals surface area (Å²) in [7, 11) is 0. The van der Waals surface area contributed by atoms with E-state index in [9.17, 15) is 4.79 Å². The van der Waals surface area contributed by atoms with Crippen LogP contribution in [0.1, 0.15) is 31.1 Å². The van der Waals surface area contributed by atoms with E-state index < -0.39 is 0 Å². The minimum absolute atomic E-state index is 0.0685. The minimum Gasteiger partial charge on any atom is -0.332 e. The van der Waals surface area contributed by atoms with Gasteiger partial charge in [-0.15, -0.1) is 0 Å². The summed E-state index contributed by atoms with van der Waals surface area (Å²) in [4.78, 5) is 16.3. The SMILES string of the molecule is CC(C)C(NC(=O)NCc1ccccn1)c1ccc(Cl)cc1. The molecule has 1 heterocycles. The van der Waals surface area contributed by atoms with Gasteiger partial charge >= 0.3 is 6.03 Å². The van der Waals surface area contributed by atoms with Gasteiger partial charge in [0.2, 0.25) is 0 Å². The Balaban J connectivity index is 1.96. The highest BCUT2D eigenvalue weighted by Gasteiger charge is 2.18. The summed E-state index contributed by atoms with van der Waals surface area (Å²) in [5, 5.41) is 6.51. The summed E-state index contributed by atoms with van der Waals surface area (Å²) in [6.45, 7) is 4.54. The van der Waals surface area contributed by atoms with Gasteiger partial charge in [0.1, 0.15) is 0 Å². The fourth-order valence-electron chi connectivity index (χ4n) is 2.17. The zero-order chi connectivity index (χ0) is 15.9. The normalized spacial score (nSPS) is 12.0. The third kappa shape index (κ3) is 4.74. The lowest BCUT2D eigenvalue weighted by Gasteiger charge is -2.23. The molecule has 22 heavy (non-hydrogen) atoms. The van der Waals surface area contributed by atoms with Crippen LogP contribution in [0.3, 0.4) is 0 Å². The Morgan fingerprint density at radius 3 is 2.50 bits per heavy atom. The van der Waals surface area contributed by atoms with Crippen LogP contribution in [0.15, 0.2) is 48.7 Å². The van der Waals surface area contributed by atoms with Crippen LogP contribution < -0.4 is 10.6 Å². The Morgan fingerprint density at radius 2 is 1.91 bits per heavy atom. The predicted octanol–water partition coefficient (Wildman–Crippen LogP) is 3.93. The Bertz CT molecular complexity index is 599. The zero-order valence-corrected chi connectivity index (χ0v) is 13.5. The third-order valence-electron chi connectivity index (χ3n) is 3.34. The van der Waals surface area contributed by atoms with E-state index in [4.69, 9.17) is 11.6 Å². The summed E-state index contributed by atoms with van der Waals surface area (Å²) in [5.41, 5.74) is 1.86. The van der Waals surface area contributed by atoms with Gasteiger partial charge in [0.15, 0.2) is 0 Å². The first-order chi connectivity index (χ1) is 10.6. The second-order valence-electron chi connectivity index (χ2n) is 5.42. The number of amides is 2. The van der Waals surface area contributed by atoms with Gasteiger partial charge < -0.3 is 10.6 Å². The van der Waals surface area contributed by atoms with Crippen LogP contribution in [0.5, 0.6) is 0 Å². The molecule has 0 radical (unpaired) electrons. The maximum absolute atomic E-state index is 12.1. The highest BCUT2D eigenvalue weighted by Crippen LogP contribution is 2.23. The van der Waals surface area contributed by atoms with Crippen molar-refractivity contribution in [3.8, 4) is 0 Å². The molecule has 0 fully saturated rings. The number of carbonyl (C=O) groups excluding carboxylic acids is 1. The standard InChI is InChI=1S/C17H20ClN3O/c1-12(2)16(13-6-8-14(18)9-7-13)21-17(22)20-11-15-5-3-4-10-19-15/h3-10,12,16H,11H2,1-2H3,(H2,20,21,22). The van der Waals surface area contributed by atoms with Crippen molar-refractivity contribution in [3.63, 3.8) is 0 Å². The van der Waals surface area contributed by atoms with E-state index >= 15 is 0 Å². The quantitative estimate of drug-likeness (QED) is 0.877. The van der Waals surface area contributed by atoms with Gasteiger partial charge in [0, 0.05) is 11.2 Å². The molecule has 0 bridgehead atoms. The highest BCUT2D eigenvalue weighted by molar-refractivity contribution is 6.30. The van der Waals surface area contributed by atoms with Gasteiger partial charge in [-0.05, 0) is 35.7 Å². The van der Waals surface area contributed by atoms with Gasteiger partial charge in [0.25, 0.3) is 0 Å². The molecule has 0 saturated carbocycles. The monoisotopic (exact) mass is 317 g/mol. The van der Waals surface area contributed by atoms with Crippen LogP contribution in [0.25, 0.3) is 0 Å². The van der Waals surface area contributed by atoms with Gasteiger partial charge in [-0.3, -0.25) is 4.98 Å². The van der Waals surface area contributed by atoms with E-state index in [0.29, 0.717) is 11.6 Å². The van der Waals surface area contributed by atoms with E-state index in [-0.39, 0.29) is 18.0 Å². The summed E-state index contributed by atoms with van der Waals surface area (Å²) in [6, 6.07) is 12.9. The van der Waals surface area contributed by atoms with Crippen LogP contribution in [0.2, 0.25) is 5.02 Å². The maximum atomic E-state index is 12.1. The summed E-state index contributed by atoms with van der Waals surface area (Å²) in [6.07, 6.45) is 1.71. The zero-order valence-electron chi connectivity index (χ0n) is 12.7. The van der Waals surface area contributed by atoms with Crippen molar-refractivity contribution in [2.45, 2.75) is 26.4 Å². The molecule has 5 heteroatoms. The van der Waals surface area contributed by atoms with Gasteiger partial charge in [-0.1, -0.05) is 43.6 Å². The summed E-state index contributed by atoms with van der Waals surface area (Å²) in [5.74, 6) is 0.266. The summed E-state index contributed by atoms with van der Waals surface area (Å²) < 4.78 is 0. The molecule has 0 aliphatic heterocycles. The Hall–Kier alpha value is -2.07. The van der Waals surface area contributed by atoms with Crippen LogP contribution >= 0.6 is 11.6 Å². The summed E-state index contributed by atoms with van der Waals surface area (Å²) >= 11 is 5.91. The van der Waals surface area contributed by atoms with Gasteiger partial charge in [-0.2, -0.15) is 0 Å². The Kier molecular flexibility index (Phi) is 5.78. The van der Waals surface area contributed by atoms with Crippen LogP contribution in [-0.4, -0.2) is 11.0 Å². The van der Waals surface area contributed by atoms with Crippen molar-refractivity contribution in [2.24, 2.45) is 5.92 Å². The number of halogens is 1. The van der Waals surface area contributed by atoms with Crippen LogP contribution in [0.4, 0.5) is 4.79 Å². The van der Waals surface area contributed by atoms with E-state index in [1.807, 2.05) is 42.5 Å². The number of hydrogen-bond donors (Lipinski definition) is 2. The number of benzene rings is 1. The molecule has 0 spiro atoms. The number of hydrogen-bond acceptors (Lipinski definition) is 2. The average molecular weight is 318 g/mol. The largest absolute Gasteiger partial charge is 0.332 e. The molecule has 1 aromatic heterocycles. The molecule has 2 amide bonds. The molecule has 0 saturated heterocycles. The lowest BCUT2D eigenvalue weighted by atomic mass is 9.96. The van der Waals surface area contributed by atoms with Crippen molar-refractivity contribution in [1.29, 1.82) is 0 Å². The van der Waals surface area contributed by atoms with Crippen molar-refractivity contribution in [1.82, 2.24) is 15.6 Å². The highest BCUT2D eigenvalue weighted by atomic mass is 35.5. The number of rotatable bonds is 5. The third-order valence-corrected chi connectivity index (χ3v) is 3.59. The molecule has 2 rings (SSSR count). The molecule has 0 aliphatic carbocycles. The molecular formula is C17H20ClN3O. The first-order valence-corrected chi connectivity index (χ1v) is 7.64. The number of nitrogens with zero attached hydrogens (tertiary/aromatic N) is 1. The number of aromatic nitrogens is 1. The second kappa shape index (κ2) is 7.80. The van der Waals surface area contributed by atoms with E-state index in [1.165, 1.54) is 0 Å². The van der Waals surface area contributed by atoms with Gasteiger partial charge in [-0.25, -0.2) is 4.79 Å².